The largest absolute Gasteiger partial charge is 0.341 e. The molecule has 1 aliphatic rings. The molecule has 0 radical (unpaired) electrons. The lowest BCUT2D eigenvalue weighted by atomic mass is 10.2. The number of fused-ring (bicyclic) bond motifs is 1. The van der Waals surface area contributed by atoms with Crippen LogP contribution in [0.5, 0.6) is 0 Å². The van der Waals surface area contributed by atoms with Gasteiger partial charge >= 0.3 is 5.69 Å². The van der Waals surface area contributed by atoms with Crippen LogP contribution in [-0.4, -0.2) is 33.0 Å². The van der Waals surface area contributed by atoms with E-state index >= 15 is 0 Å². The van der Waals surface area contributed by atoms with Gasteiger partial charge in [0.25, 0.3) is 0 Å². The van der Waals surface area contributed by atoms with Crippen molar-refractivity contribution in [3.05, 3.63) is 34.7 Å². The number of aromatic nitrogens is 2. The zero-order valence-electron chi connectivity index (χ0n) is 12.4. The van der Waals surface area contributed by atoms with E-state index in [0.29, 0.717) is 0 Å². The van der Waals surface area contributed by atoms with Crippen LogP contribution in [0, 0.1) is 0 Å². The van der Waals surface area contributed by atoms with E-state index in [9.17, 15) is 9.59 Å². The van der Waals surface area contributed by atoms with Gasteiger partial charge in [0.1, 0.15) is 6.54 Å². The van der Waals surface area contributed by atoms with Crippen LogP contribution in [0.15, 0.2) is 29.1 Å². The molecule has 5 heteroatoms. The minimum absolute atomic E-state index is 0.0513. The minimum Gasteiger partial charge on any atom is -0.341 e. The number of rotatable bonds is 2. The van der Waals surface area contributed by atoms with Gasteiger partial charge in [0, 0.05) is 20.1 Å². The maximum atomic E-state index is 12.5. The van der Waals surface area contributed by atoms with Crippen LogP contribution in [0.1, 0.15) is 25.7 Å². The molecule has 5 nitrogen and oxygen atoms in total. The summed E-state index contributed by atoms with van der Waals surface area (Å²) in [4.78, 5) is 26.7. The van der Waals surface area contributed by atoms with Gasteiger partial charge in [0.15, 0.2) is 0 Å². The van der Waals surface area contributed by atoms with Crippen molar-refractivity contribution in [1.29, 1.82) is 0 Å². The summed E-state index contributed by atoms with van der Waals surface area (Å²) in [6.45, 7) is 1.77. The molecular formula is C16H21N3O2. The number of nitrogens with zero attached hydrogens (tertiary/aromatic N) is 3. The maximum absolute atomic E-state index is 12.5. The summed E-state index contributed by atoms with van der Waals surface area (Å²) in [5, 5.41) is 0. The molecule has 0 unspecified atom stereocenters. The Balaban J connectivity index is 1.89. The molecule has 0 saturated carbocycles. The summed E-state index contributed by atoms with van der Waals surface area (Å²) in [6.07, 6.45) is 4.52. The zero-order chi connectivity index (χ0) is 14.8. The van der Waals surface area contributed by atoms with Crippen molar-refractivity contribution in [3.63, 3.8) is 0 Å². The van der Waals surface area contributed by atoms with E-state index in [4.69, 9.17) is 0 Å². The van der Waals surface area contributed by atoms with Crippen LogP contribution in [0.3, 0.4) is 0 Å². The Morgan fingerprint density at radius 3 is 2.33 bits per heavy atom. The third-order valence-corrected chi connectivity index (χ3v) is 4.30. The molecule has 2 heterocycles. The van der Waals surface area contributed by atoms with Crippen LogP contribution in [0.25, 0.3) is 11.0 Å². The minimum atomic E-state index is -0.126. The van der Waals surface area contributed by atoms with E-state index < -0.39 is 0 Å². The summed E-state index contributed by atoms with van der Waals surface area (Å²) in [5.74, 6) is 0.0513. The van der Waals surface area contributed by atoms with Crippen LogP contribution in [-0.2, 0) is 18.4 Å². The SMILES string of the molecule is Cn1c(=O)n(CC(=O)N2CCCCCC2)c2ccccc21. The van der Waals surface area contributed by atoms with E-state index in [1.807, 2.05) is 29.2 Å². The summed E-state index contributed by atoms with van der Waals surface area (Å²) in [6, 6.07) is 7.60. The molecule has 0 aliphatic carbocycles. The Kier molecular flexibility index (Phi) is 3.82. The fourth-order valence-corrected chi connectivity index (χ4v) is 3.07. The highest BCUT2D eigenvalue weighted by atomic mass is 16.2. The van der Waals surface area contributed by atoms with Gasteiger partial charge in [0.05, 0.1) is 11.0 Å². The van der Waals surface area contributed by atoms with Gasteiger partial charge in [-0.05, 0) is 25.0 Å². The van der Waals surface area contributed by atoms with Gasteiger partial charge in [-0.1, -0.05) is 25.0 Å². The Labute approximate surface area is 123 Å². The summed E-state index contributed by atoms with van der Waals surface area (Å²) in [7, 11) is 1.75. The standard InChI is InChI=1S/C16H21N3O2/c1-17-13-8-4-5-9-14(13)19(16(17)21)12-15(20)18-10-6-2-3-7-11-18/h4-5,8-9H,2-3,6-7,10-12H2,1H3. The lowest BCUT2D eigenvalue weighted by Crippen LogP contribution is -2.37. The van der Waals surface area contributed by atoms with Gasteiger partial charge in [-0.2, -0.15) is 0 Å². The van der Waals surface area contributed by atoms with Gasteiger partial charge < -0.3 is 4.90 Å². The number of carbonyl (C=O) groups excluding carboxylic acids is 1. The van der Waals surface area contributed by atoms with Crippen molar-refractivity contribution < 1.29 is 4.79 Å². The van der Waals surface area contributed by atoms with Gasteiger partial charge in [-0.15, -0.1) is 0 Å². The average Bonchev–Trinajstić information content (AvgIpc) is 2.72. The maximum Gasteiger partial charge on any atom is 0.329 e. The van der Waals surface area contributed by atoms with Crippen molar-refractivity contribution in [1.82, 2.24) is 14.0 Å². The third kappa shape index (κ3) is 2.60. The second kappa shape index (κ2) is 5.76. The first kappa shape index (κ1) is 13.9. The number of hydrogen-bond acceptors (Lipinski definition) is 2. The van der Waals surface area contributed by atoms with E-state index in [0.717, 1.165) is 37.0 Å². The fourth-order valence-electron chi connectivity index (χ4n) is 3.07. The van der Waals surface area contributed by atoms with Crippen molar-refractivity contribution >= 4 is 16.9 Å². The highest BCUT2D eigenvalue weighted by Gasteiger charge is 2.18. The number of carbonyl (C=O) groups is 1. The van der Waals surface area contributed by atoms with E-state index in [-0.39, 0.29) is 18.1 Å². The van der Waals surface area contributed by atoms with E-state index in [1.165, 1.54) is 12.8 Å². The molecule has 1 fully saturated rings. The average molecular weight is 287 g/mol. The fraction of sp³-hybridized carbons (Fsp3) is 0.500. The quantitative estimate of drug-likeness (QED) is 0.844. The third-order valence-electron chi connectivity index (χ3n) is 4.30. The van der Waals surface area contributed by atoms with Crippen molar-refractivity contribution in [2.75, 3.05) is 13.1 Å². The topological polar surface area (TPSA) is 47.2 Å². The second-order valence-electron chi connectivity index (χ2n) is 5.71. The van der Waals surface area contributed by atoms with Gasteiger partial charge in [-0.3, -0.25) is 13.9 Å². The Bertz CT molecular complexity index is 706. The number of likely N-dealkylation sites (tertiary alicyclic amines) is 1. The van der Waals surface area contributed by atoms with Crippen molar-refractivity contribution in [2.24, 2.45) is 7.05 Å². The Hall–Kier alpha value is -2.04. The Morgan fingerprint density at radius 1 is 1.05 bits per heavy atom. The number of benzene rings is 1. The smallest absolute Gasteiger partial charge is 0.329 e. The number of aryl methyl sites for hydroxylation is 1. The molecule has 1 aromatic carbocycles. The highest BCUT2D eigenvalue weighted by Crippen LogP contribution is 2.13. The molecule has 21 heavy (non-hydrogen) atoms. The normalized spacial score (nSPS) is 16.1. The number of amides is 1. The first-order valence-corrected chi connectivity index (χ1v) is 7.60. The van der Waals surface area contributed by atoms with Crippen LogP contribution in [0.4, 0.5) is 0 Å². The van der Waals surface area contributed by atoms with Crippen molar-refractivity contribution in [3.8, 4) is 0 Å². The molecule has 0 spiro atoms. The number of para-hydroxylation sites is 2. The molecule has 1 aromatic heterocycles. The lowest BCUT2D eigenvalue weighted by molar-refractivity contribution is -0.131. The molecule has 0 bridgehead atoms. The predicted octanol–water partition coefficient (Wildman–Crippen LogP) is 1.74. The van der Waals surface area contributed by atoms with Crippen LogP contribution < -0.4 is 5.69 Å². The van der Waals surface area contributed by atoms with Crippen molar-refractivity contribution in [2.45, 2.75) is 32.2 Å². The molecular weight excluding hydrogens is 266 g/mol. The zero-order valence-corrected chi connectivity index (χ0v) is 12.4. The molecule has 1 saturated heterocycles. The highest BCUT2D eigenvalue weighted by molar-refractivity contribution is 5.81. The summed E-state index contributed by atoms with van der Waals surface area (Å²) >= 11 is 0. The monoisotopic (exact) mass is 287 g/mol. The summed E-state index contributed by atoms with van der Waals surface area (Å²) < 4.78 is 3.19. The van der Waals surface area contributed by atoms with Gasteiger partial charge in [0.2, 0.25) is 5.91 Å². The van der Waals surface area contributed by atoms with E-state index in [1.54, 1.807) is 16.2 Å². The molecule has 2 aromatic rings. The Morgan fingerprint density at radius 2 is 1.67 bits per heavy atom. The number of hydrogen-bond donors (Lipinski definition) is 0. The molecule has 1 aliphatic heterocycles. The van der Waals surface area contributed by atoms with Gasteiger partial charge in [-0.25, -0.2) is 4.79 Å². The first-order chi connectivity index (χ1) is 10.2. The van der Waals surface area contributed by atoms with Crippen LogP contribution in [0.2, 0.25) is 0 Å². The molecule has 3 rings (SSSR count). The molecule has 112 valence electrons. The second-order valence-corrected chi connectivity index (χ2v) is 5.71. The van der Waals surface area contributed by atoms with Crippen LogP contribution >= 0.6 is 0 Å². The molecule has 0 atom stereocenters. The molecule has 0 N–H and O–H groups in total. The summed E-state index contributed by atoms with van der Waals surface area (Å²) in [5.41, 5.74) is 1.57. The lowest BCUT2D eigenvalue weighted by Gasteiger charge is -2.20. The van der Waals surface area contributed by atoms with E-state index in [2.05, 4.69) is 0 Å². The first-order valence-electron chi connectivity index (χ1n) is 7.60. The molecule has 1 amide bonds. The number of imidazole rings is 1. The predicted molar refractivity (Wildman–Crippen MR) is 82.2 cm³/mol.